The Morgan fingerprint density at radius 3 is 2.46 bits per heavy atom. The van der Waals surface area contributed by atoms with Gasteiger partial charge in [-0.25, -0.2) is 9.97 Å². The molecule has 0 radical (unpaired) electrons. The molecule has 0 amide bonds. The highest BCUT2D eigenvalue weighted by molar-refractivity contribution is 5.96. The molecular weight excluding hydrogens is 328 g/mol. The Morgan fingerprint density at radius 2 is 1.73 bits per heavy atom. The minimum atomic E-state index is 0.180. The fourth-order valence-electron chi connectivity index (χ4n) is 3.33. The van der Waals surface area contributed by atoms with Crippen molar-refractivity contribution in [1.82, 2.24) is 14.9 Å². The Labute approximate surface area is 152 Å². The van der Waals surface area contributed by atoms with E-state index in [0.29, 0.717) is 11.4 Å². The van der Waals surface area contributed by atoms with E-state index in [1.54, 1.807) is 19.2 Å². The number of phenolic OH excluding ortho intramolecular Hbond substituents is 1. The molecule has 0 saturated carbocycles. The number of para-hydroxylation sites is 1. The number of fused-ring (bicyclic) bond motifs is 1. The minimum absolute atomic E-state index is 0.180. The van der Waals surface area contributed by atoms with Gasteiger partial charge in [0.25, 0.3) is 0 Å². The lowest BCUT2D eigenvalue weighted by Gasteiger charge is -2.34. The van der Waals surface area contributed by atoms with Gasteiger partial charge in [-0.05, 0) is 31.3 Å². The fraction of sp³-hybridized carbons (Fsp3) is 0.300. The smallest absolute Gasteiger partial charge is 0.165 e. The summed E-state index contributed by atoms with van der Waals surface area (Å²) in [4.78, 5) is 14.1. The van der Waals surface area contributed by atoms with Crippen LogP contribution in [0, 0.1) is 0 Å². The molecule has 0 spiro atoms. The van der Waals surface area contributed by atoms with Gasteiger partial charge in [-0.1, -0.05) is 18.2 Å². The van der Waals surface area contributed by atoms with Gasteiger partial charge in [-0.15, -0.1) is 0 Å². The van der Waals surface area contributed by atoms with Gasteiger partial charge in [0, 0.05) is 26.2 Å². The molecule has 3 aromatic rings. The summed E-state index contributed by atoms with van der Waals surface area (Å²) >= 11 is 0. The maximum Gasteiger partial charge on any atom is 0.165 e. The third-order valence-corrected chi connectivity index (χ3v) is 4.83. The summed E-state index contributed by atoms with van der Waals surface area (Å²) in [5, 5.41) is 11.2. The number of aromatic nitrogens is 2. The van der Waals surface area contributed by atoms with Crippen LogP contribution >= 0.6 is 0 Å². The second-order valence-electron chi connectivity index (χ2n) is 6.53. The topological polar surface area (TPSA) is 61.7 Å². The van der Waals surface area contributed by atoms with Crippen molar-refractivity contribution >= 4 is 16.7 Å². The largest absolute Gasteiger partial charge is 0.507 e. The van der Waals surface area contributed by atoms with Gasteiger partial charge >= 0.3 is 0 Å². The highest BCUT2D eigenvalue weighted by Crippen LogP contribution is 2.36. The van der Waals surface area contributed by atoms with Crippen LogP contribution < -0.4 is 9.64 Å². The number of hydrogen-bond acceptors (Lipinski definition) is 6. The number of nitrogens with zero attached hydrogens (tertiary/aromatic N) is 4. The van der Waals surface area contributed by atoms with Crippen molar-refractivity contribution in [2.75, 3.05) is 45.2 Å². The fourth-order valence-corrected chi connectivity index (χ4v) is 3.33. The monoisotopic (exact) mass is 350 g/mol. The molecule has 1 fully saturated rings. The van der Waals surface area contributed by atoms with Crippen LogP contribution in [0.5, 0.6) is 11.5 Å². The van der Waals surface area contributed by atoms with E-state index in [0.717, 1.165) is 48.6 Å². The number of ether oxygens (including phenoxy) is 1. The van der Waals surface area contributed by atoms with Crippen LogP contribution in [0.15, 0.2) is 42.5 Å². The maximum atomic E-state index is 10.2. The van der Waals surface area contributed by atoms with E-state index in [2.05, 4.69) is 16.8 Å². The maximum absolute atomic E-state index is 10.2. The molecule has 0 atom stereocenters. The first-order valence-corrected chi connectivity index (χ1v) is 8.74. The Bertz CT molecular complexity index is 936. The number of hydrogen-bond donors (Lipinski definition) is 1. The molecule has 2 aromatic carbocycles. The van der Waals surface area contributed by atoms with E-state index < -0.39 is 0 Å². The number of rotatable bonds is 3. The predicted molar refractivity (Wildman–Crippen MR) is 103 cm³/mol. The lowest BCUT2D eigenvalue weighted by molar-refractivity contribution is 0.312. The van der Waals surface area contributed by atoms with E-state index in [9.17, 15) is 5.11 Å². The molecule has 1 saturated heterocycles. The summed E-state index contributed by atoms with van der Waals surface area (Å²) in [6.45, 7) is 3.74. The first-order chi connectivity index (χ1) is 12.7. The van der Waals surface area contributed by atoms with Crippen LogP contribution in [0.25, 0.3) is 22.3 Å². The van der Waals surface area contributed by atoms with E-state index in [4.69, 9.17) is 14.7 Å². The number of benzene rings is 2. The number of piperazine rings is 1. The lowest BCUT2D eigenvalue weighted by Crippen LogP contribution is -2.45. The molecule has 4 rings (SSSR count). The highest BCUT2D eigenvalue weighted by atomic mass is 16.5. The standard InChI is InChI=1S/C20H22N4O2/c1-23-10-12-24(13-11-23)20-18-15(7-5-9-17(18)26-2)21-19(22-20)14-6-3-4-8-16(14)25/h3-9,25H,10-13H2,1-2H3. The Balaban J connectivity index is 1.93. The summed E-state index contributed by atoms with van der Waals surface area (Å²) in [6.07, 6.45) is 0. The van der Waals surface area contributed by atoms with Crippen molar-refractivity contribution in [2.24, 2.45) is 0 Å². The van der Waals surface area contributed by atoms with Crippen LogP contribution in [0.1, 0.15) is 0 Å². The summed E-state index contributed by atoms with van der Waals surface area (Å²) in [7, 11) is 3.79. The Hall–Kier alpha value is -2.86. The van der Waals surface area contributed by atoms with Crippen molar-refractivity contribution in [3.8, 4) is 22.9 Å². The molecule has 0 bridgehead atoms. The van der Waals surface area contributed by atoms with Crippen LogP contribution in [0.3, 0.4) is 0 Å². The Kier molecular flexibility index (Phi) is 4.34. The van der Waals surface area contributed by atoms with E-state index >= 15 is 0 Å². The van der Waals surface area contributed by atoms with Crippen LogP contribution in [0.2, 0.25) is 0 Å². The molecule has 134 valence electrons. The number of likely N-dealkylation sites (N-methyl/N-ethyl adjacent to an activating group) is 1. The van der Waals surface area contributed by atoms with Crippen molar-refractivity contribution < 1.29 is 9.84 Å². The highest BCUT2D eigenvalue weighted by Gasteiger charge is 2.22. The summed E-state index contributed by atoms with van der Waals surface area (Å²) < 4.78 is 5.58. The van der Waals surface area contributed by atoms with Gasteiger partial charge in [0.1, 0.15) is 17.3 Å². The Morgan fingerprint density at radius 1 is 0.962 bits per heavy atom. The summed E-state index contributed by atoms with van der Waals surface area (Å²) in [6, 6.07) is 13.0. The quantitative estimate of drug-likeness (QED) is 0.784. The van der Waals surface area contributed by atoms with Crippen LogP contribution in [-0.4, -0.2) is 60.3 Å². The molecule has 6 nitrogen and oxygen atoms in total. The van der Waals surface area contributed by atoms with E-state index in [-0.39, 0.29) is 5.75 Å². The number of phenols is 1. The normalized spacial score (nSPS) is 15.4. The average molecular weight is 350 g/mol. The molecule has 0 unspecified atom stereocenters. The summed E-state index contributed by atoms with van der Waals surface area (Å²) in [5.41, 5.74) is 1.44. The average Bonchev–Trinajstić information content (AvgIpc) is 2.67. The first-order valence-electron chi connectivity index (χ1n) is 8.74. The SMILES string of the molecule is COc1cccc2nc(-c3ccccc3O)nc(N3CCN(C)CC3)c12. The molecule has 1 N–H and O–H groups in total. The van der Waals surface area contributed by atoms with Crippen molar-refractivity contribution in [3.05, 3.63) is 42.5 Å². The molecule has 26 heavy (non-hydrogen) atoms. The molecule has 1 aromatic heterocycles. The minimum Gasteiger partial charge on any atom is -0.507 e. The number of methoxy groups -OCH3 is 1. The molecule has 0 aliphatic carbocycles. The molecule has 1 aliphatic heterocycles. The van der Waals surface area contributed by atoms with Crippen molar-refractivity contribution in [3.63, 3.8) is 0 Å². The molecule has 1 aliphatic rings. The molecule has 6 heteroatoms. The van der Waals surface area contributed by atoms with Gasteiger partial charge in [0.15, 0.2) is 5.82 Å². The van der Waals surface area contributed by atoms with Crippen LogP contribution in [0.4, 0.5) is 5.82 Å². The van der Waals surface area contributed by atoms with E-state index in [1.807, 2.05) is 30.3 Å². The lowest BCUT2D eigenvalue weighted by atomic mass is 10.1. The zero-order chi connectivity index (χ0) is 18.1. The second-order valence-corrected chi connectivity index (χ2v) is 6.53. The van der Waals surface area contributed by atoms with Crippen molar-refractivity contribution in [2.45, 2.75) is 0 Å². The van der Waals surface area contributed by atoms with Crippen molar-refractivity contribution in [1.29, 1.82) is 0 Å². The predicted octanol–water partition coefficient (Wildman–Crippen LogP) is 2.76. The zero-order valence-corrected chi connectivity index (χ0v) is 15.0. The zero-order valence-electron chi connectivity index (χ0n) is 15.0. The number of aromatic hydroxyl groups is 1. The number of anilines is 1. The van der Waals surface area contributed by atoms with E-state index in [1.165, 1.54) is 0 Å². The van der Waals surface area contributed by atoms with Crippen LogP contribution in [-0.2, 0) is 0 Å². The van der Waals surface area contributed by atoms with Gasteiger partial charge in [0.05, 0.1) is 23.6 Å². The first kappa shape index (κ1) is 16.6. The van der Waals surface area contributed by atoms with Gasteiger partial charge in [-0.2, -0.15) is 0 Å². The third-order valence-electron chi connectivity index (χ3n) is 4.83. The van der Waals surface area contributed by atoms with Gasteiger partial charge in [0.2, 0.25) is 0 Å². The molecule has 2 heterocycles. The van der Waals surface area contributed by atoms with Gasteiger partial charge < -0.3 is 19.6 Å². The molecular formula is C20H22N4O2. The third kappa shape index (κ3) is 2.93. The second kappa shape index (κ2) is 6.80. The summed E-state index contributed by atoms with van der Waals surface area (Å²) in [5.74, 6) is 2.33. The van der Waals surface area contributed by atoms with Gasteiger partial charge in [-0.3, -0.25) is 0 Å².